The minimum absolute atomic E-state index is 0.0191. The van der Waals surface area contributed by atoms with Crippen molar-refractivity contribution >= 4 is 11.8 Å². The lowest BCUT2D eigenvalue weighted by Crippen LogP contribution is -2.53. The molecule has 152 valence electrons. The van der Waals surface area contributed by atoms with Gasteiger partial charge >= 0.3 is 0 Å². The van der Waals surface area contributed by atoms with Crippen LogP contribution in [-0.2, 0) is 11.2 Å². The first-order valence-electron chi connectivity index (χ1n) is 10.3. The van der Waals surface area contributed by atoms with E-state index in [1.165, 1.54) is 0 Å². The van der Waals surface area contributed by atoms with E-state index in [1.807, 2.05) is 30.3 Å². The number of amides is 2. The summed E-state index contributed by atoms with van der Waals surface area (Å²) in [6.45, 7) is 2.79. The number of aliphatic hydroxyl groups is 1. The molecule has 1 aromatic carbocycles. The molecule has 0 radical (unpaired) electrons. The van der Waals surface area contributed by atoms with E-state index < -0.39 is 5.60 Å². The highest BCUT2D eigenvalue weighted by Gasteiger charge is 2.50. The molecule has 0 bridgehead atoms. The van der Waals surface area contributed by atoms with Gasteiger partial charge < -0.3 is 24.6 Å². The van der Waals surface area contributed by atoms with Crippen LogP contribution in [0.25, 0.3) is 0 Å². The zero-order valence-corrected chi connectivity index (χ0v) is 16.3. The number of carbonyl (C=O) groups excluding carboxylic acids is 2. The van der Waals surface area contributed by atoms with Crippen molar-refractivity contribution < 1.29 is 19.1 Å². The fraction of sp³-hybridized carbons (Fsp3) is 0.455. The van der Waals surface area contributed by atoms with E-state index in [4.69, 9.17) is 4.42 Å². The summed E-state index contributed by atoms with van der Waals surface area (Å²) in [6, 6.07) is 9.83. The van der Waals surface area contributed by atoms with Crippen molar-refractivity contribution in [3.05, 3.63) is 59.0 Å². The maximum atomic E-state index is 12.9. The van der Waals surface area contributed by atoms with Crippen molar-refractivity contribution in [2.45, 2.75) is 30.9 Å². The molecule has 2 aliphatic heterocycles. The first-order chi connectivity index (χ1) is 14.0. The Labute approximate surface area is 169 Å². The normalized spacial score (nSPS) is 22.9. The molecule has 1 atom stereocenters. The summed E-state index contributed by atoms with van der Waals surface area (Å²) in [5.41, 5.74) is 1.78. The molecular weight excluding hydrogens is 370 g/mol. The van der Waals surface area contributed by atoms with Crippen LogP contribution in [0.2, 0.25) is 0 Å². The fourth-order valence-corrected chi connectivity index (χ4v) is 4.29. The van der Waals surface area contributed by atoms with Gasteiger partial charge in [0, 0.05) is 50.3 Å². The van der Waals surface area contributed by atoms with Crippen LogP contribution in [0.15, 0.2) is 41.0 Å². The third-order valence-corrected chi connectivity index (χ3v) is 6.26. The molecule has 2 N–H and O–H groups in total. The van der Waals surface area contributed by atoms with Gasteiger partial charge in [0.15, 0.2) is 0 Å². The third kappa shape index (κ3) is 3.34. The summed E-state index contributed by atoms with van der Waals surface area (Å²) < 4.78 is 5.55. The van der Waals surface area contributed by atoms with Crippen LogP contribution in [0.3, 0.4) is 0 Å². The highest BCUT2D eigenvalue weighted by molar-refractivity contribution is 5.94. The van der Waals surface area contributed by atoms with Gasteiger partial charge in [-0.25, -0.2) is 0 Å². The van der Waals surface area contributed by atoms with Gasteiger partial charge in [0.05, 0.1) is 12.3 Å². The van der Waals surface area contributed by atoms with Crippen molar-refractivity contribution in [1.82, 2.24) is 15.1 Å². The smallest absolute Gasteiger partial charge is 0.254 e. The lowest BCUT2D eigenvalue weighted by atomic mass is 9.94. The Balaban J connectivity index is 1.23. The first kappa shape index (κ1) is 18.4. The first-order valence-corrected chi connectivity index (χ1v) is 10.3. The van der Waals surface area contributed by atoms with Crippen LogP contribution in [-0.4, -0.2) is 65.0 Å². The summed E-state index contributed by atoms with van der Waals surface area (Å²) in [7, 11) is 0. The quantitative estimate of drug-likeness (QED) is 0.819. The number of fused-ring (bicyclic) bond motifs is 1. The van der Waals surface area contributed by atoms with Gasteiger partial charge in [-0.3, -0.25) is 9.59 Å². The van der Waals surface area contributed by atoms with Gasteiger partial charge in [-0.1, -0.05) is 12.1 Å². The molecular formula is C22H25N3O4. The van der Waals surface area contributed by atoms with Crippen LogP contribution in [0.5, 0.6) is 0 Å². The number of carbonyl (C=O) groups is 2. The van der Waals surface area contributed by atoms with Crippen molar-refractivity contribution in [2.24, 2.45) is 0 Å². The molecule has 1 aromatic heterocycles. The average molecular weight is 395 g/mol. The van der Waals surface area contributed by atoms with Crippen molar-refractivity contribution in [1.29, 1.82) is 0 Å². The average Bonchev–Trinajstić information content (AvgIpc) is 3.33. The second-order valence-electron chi connectivity index (χ2n) is 8.17. The molecule has 2 fully saturated rings. The summed E-state index contributed by atoms with van der Waals surface area (Å²) >= 11 is 0. The molecule has 2 aromatic rings. The SMILES string of the molecule is O=C(c1ccc(C2NCCc3occc32)cc1)N1CCN(C(=O)C2(O)CC2)CC1. The molecule has 1 unspecified atom stereocenters. The minimum atomic E-state index is -1.13. The van der Waals surface area contributed by atoms with Crippen LogP contribution in [0.4, 0.5) is 0 Å². The molecule has 7 nitrogen and oxygen atoms in total. The number of nitrogens with zero attached hydrogens (tertiary/aromatic N) is 2. The van der Waals surface area contributed by atoms with Gasteiger partial charge in [-0.05, 0) is 36.6 Å². The number of piperazine rings is 1. The number of furan rings is 1. The molecule has 3 heterocycles. The lowest BCUT2D eigenvalue weighted by Gasteiger charge is -2.35. The predicted molar refractivity (Wildman–Crippen MR) is 105 cm³/mol. The molecule has 1 saturated carbocycles. The molecule has 2 amide bonds. The van der Waals surface area contributed by atoms with E-state index in [9.17, 15) is 14.7 Å². The van der Waals surface area contributed by atoms with Crippen LogP contribution in [0.1, 0.15) is 46.1 Å². The number of benzene rings is 1. The number of hydrogen-bond acceptors (Lipinski definition) is 5. The van der Waals surface area contributed by atoms with E-state index in [-0.39, 0.29) is 17.9 Å². The molecule has 1 aliphatic carbocycles. The van der Waals surface area contributed by atoms with Gasteiger partial charge in [-0.2, -0.15) is 0 Å². The topological polar surface area (TPSA) is 86.0 Å². The summed E-state index contributed by atoms with van der Waals surface area (Å²) in [5, 5.41) is 13.5. The minimum Gasteiger partial charge on any atom is -0.469 e. The highest BCUT2D eigenvalue weighted by Crippen LogP contribution is 2.37. The van der Waals surface area contributed by atoms with E-state index in [0.29, 0.717) is 44.6 Å². The second-order valence-corrected chi connectivity index (χ2v) is 8.17. The monoisotopic (exact) mass is 395 g/mol. The molecule has 29 heavy (non-hydrogen) atoms. The zero-order chi connectivity index (χ0) is 20.0. The molecule has 0 spiro atoms. The van der Waals surface area contributed by atoms with Gasteiger partial charge in [0.25, 0.3) is 11.8 Å². The summed E-state index contributed by atoms with van der Waals surface area (Å²) in [5.74, 6) is 0.819. The summed E-state index contributed by atoms with van der Waals surface area (Å²) in [4.78, 5) is 28.6. The Kier molecular flexibility index (Phi) is 4.44. The summed E-state index contributed by atoms with van der Waals surface area (Å²) in [6.07, 6.45) is 3.72. The fourth-order valence-electron chi connectivity index (χ4n) is 4.29. The van der Waals surface area contributed by atoms with Crippen molar-refractivity contribution in [3.8, 4) is 0 Å². The molecule has 3 aliphatic rings. The molecule has 1 saturated heterocycles. The Morgan fingerprint density at radius 1 is 1.03 bits per heavy atom. The number of nitrogens with one attached hydrogen (secondary N) is 1. The maximum Gasteiger partial charge on any atom is 0.254 e. The van der Waals surface area contributed by atoms with Gasteiger partial charge in [0.2, 0.25) is 0 Å². The van der Waals surface area contributed by atoms with Crippen LogP contribution in [0, 0.1) is 0 Å². The van der Waals surface area contributed by atoms with E-state index >= 15 is 0 Å². The Morgan fingerprint density at radius 2 is 1.72 bits per heavy atom. The number of hydrogen-bond donors (Lipinski definition) is 2. The second kappa shape index (κ2) is 7.00. The van der Waals surface area contributed by atoms with Gasteiger partial charge in [0.1, 0.15) is 11.4 Å². The van der Waals surface area contributed by atoms with E-state index in [0.717, 1.165) is 29.9 Å². The number of rotatable bonds is 3. The van der Waals surface area contributed by atoms with E-state index in [2.05, 4.69) is 5.32 Å². The van der Waals surface area contributed by atoms with E-state index in [1.54, 1.807) is 16.1 Å². The predicted octanol–water partition coefficient (Wildman–Crippen LogP) is 1.32. The van der Waals surface area contributed by atoms with Crippen LogP contribution < -0.4 is 5.32 Å². The Hall–Kier alpha value is -2.64. The third-order valence-electron chi connectivity index (χ3n) is 6.26. The largest absolute Gasteiger partial charge is 0.469 e. The van der Waals surface area contributed by atoms with Crippen molar-refractivity contribution in [3.63, 3.8) is 0 Å². The molecule has 7 heteroatoms. The lowest BCUT2D eigenvalue weighted by molar-refractivity contribution is -0.143. The maximum absolute atomic E-state index is 12.9. The standard InChI is InChI=1S/C22H25N3O4/c26-20(24-10-12-25(13-11-24)21(27)22(28)7-8-22)16-3-1-15(2-4-16)19-17-6-14-29-18(17)5-9-23-19/h1-4,6,14,19,23,28H,5,7-13H2. The van der Waals surface area contributed by atoms with Crippen molar-refractivity contribution in [2.75, 3.05) is 32.7 Å². The molecule has 5 rings (SSSR count). The van der Waals surface area contributed by atoms with Gasteiger partial charge in [-0.15, -0.1) is 0 Å². The zero-order valence-electron chi connectivity index (χ0n) is 16.3. The highest BCUT2D eigenvalue weighted by atomic mass is 16.3. The Morgan fingerprint density at radius 3 is 2.41 bits per heavy atom. The Bertz CT molecular complexity index is 924. The van der Waals surface area contributed by atoms with Crippen LogP contribution >= 0.6 is 0 Å².